The first kappa shape index (κ1) is 27.4. The molecule has 2 fully saturated rings. The SMILES string of the molecule is Cc1cc(C)c(S(=O)(=O)Nc2ccc(N3CCC(C)CC3)c(C(=O)NCCN3CCOCC3)c2)c(C)c1. The molecular weight excluding hydrogens is 488 g/mol. The molecule has 9 heteroatoms. The van der Waals surface area contributed by atoms with Gasteiger partial charge < -0.3 is 15.0 Å². The van der Waals surface area contributed by atoms with Crippen molar-refractivity contribution in [3.05, 3.63) is 52.6 Å². The van der Waals surface area contributed by atoms with Crippen LogP contribution in [0.3, 0.4) is 0 Å². The molecule has 37 heavy (non-hydrogen) atoms. The van der Waals surface area contributed by atoms with Crippen molar-refractivity contribution in [1.82, 2.24) is 10.2 Å². The molecule has 0 unspecified atom stereocenters. The minimum absolute atomic E-state index is 0.189. The van der Waals surface area contributed by atoms with Crippen LogP contribution in [-0.2, 0) is 14.8 Å². The van der Waals surface area contributed by atoms with Gasteiger partial charge in [0.15, 0.2) is 0 Å². The topological polar surface area (TPSA) is 91.0 Å². The van der Waals surface area contributed by atoms with Crippen molar-refractivity contribution in [3.8, 4) is 0 Å². The Morgan fingerprint density at radius 1 is 1.00 bits per heavy atom. The highest BCUT2D eigenvalue weighted by molar-refractivity contribution is 7.92. The lowest BCUT2D eigenvalue weighted by molar-refractivity contribution is 0.0383. The van der Waals surface area contributed by atoms with Crippen LogP contribution in [0.5, 0.6) is 0 Å². The van der Waals surface area contributed by atoms with Gasteiger partial charge in [0.05, 0.1) is 23.7 Å². The number of rotatable bonds is 8. The van der Waals surface area contributed by atoms with Crippen molar-refractivity contribution in [2.45, 2.75) is 45.4 Å². The van der Waals surface area contributed by atoms with Crippen molar-refractivity contribution < 1.29 is 17.9 Å². The quantitative estimate of drug-likeness (QED) is 0.543. The molecule has 202 valence electrons. The summed E-state index contributed by atoms with van der Waals surface area (Å²) in [5.74, 6) is 0.472. The molecule has 0 aromatic heterocycles. The molecule has 0 saturated carbocycles. The zero-order valence-electron chi connectivity index (χ0n) is 22.5. The number of amides is 1. The highest BCUT2D eigenvalue weighted by atomic mass is 32.2. The number of nitrogens with one attached hydrogen (secondary N) is 2. The van der Waals surface area contributed by atoms with Gasteiger partial charge in [-0.25, -0.2) is 8.42 Å². The van der Waals surface area contributed by atoms with Crippen molar-refractivity contribution in [2.75, 3.05) is 62.1 Å². The molecule has 2 aliphatic rings. The van der Waals surface area contributed by atoms with E-state index in [-0.39, 0.29) is 10.8 Å². The first-order valence-electron chi connectivity index (χ1n) is 13.2. The maximum Gasteiger partial charge on any atom is 0.262 e. The summed E-state index contributed by atoms with van der Waals surface area (Å²) in [6.45, 7) is 14.0. The third-order valence-corrected chi connectivity index (χ3v) is 8.99. The third-order valence-electron chi connectivity index (χ3n) is 7.31. The molecule has 4 rings (SSSR count). The number of aryl methyl sites for hydroxylation is 3. The summed E-state index contributed by atoms with van der Waals surface area (Å²) in [5, 5.41) is 3.06. The van der Waals surface area contributed by atoms with Gasteiger partial charge in [-0.15, -0.1) is 0 Å². The van der Waals surface area contributed by atoms with E-state index in [4.69, 9.17) is 4.74 Å². The predicted molar refractivity (Wildman–Crippen MR) is 148 cm³/mol. The second-order valence-corrected chi connectivity index (χ2v) is 12.1. The summed E-state index contributed by atoms with van der Waals surface area (Å²) in [6, 6.07) is 9.05. The minimum atomic E-state index is -3.82. The normalized spacial score (nSPS) is 17.6. The third kappa shape index (κ3) is 6.83. The van der Waals surface area contributed by atoms with Gasteiger partial charge in [-0.2, -0.15) is 0 Å². The van der Waals surface area contributed by atoms with E-state index >= 15 is 0 Å². The predicted octanol–water partition coefficient (Wildman–Crippen LogP) is 3.71. The van der Waals surface area contributed by atoms with E-state index in [9.17, 15) is 13.2 Å². The fourth-order valence-electron chi connectivity index (χ4n) is 5.35. The Hall–Kier alpha value is -2.62. The molecule has 2 aromatic carbocycles. The van der Waals surface area contributed by atoms with Crippen molar-refractivity contribution in [3.63, 3.8) is 0 Å². The second kappa shape index (κ2) is 11.8. The number of benzene rings is 2. The number of sulfonamides is 1. The van der Waals surface area contributed by atoms with Crippen LogP contribution in [0.4, 0.5) is 11.4 Å². The molecule has 0 aliphatic carbocycles. The average Bonchev–Trinajstić information content (AvgIpc) is 2.84. The number of piperidine rings is 1. The Balaban J connectivity index is 1.57. The standard InChI is InChI=1S/C28H40N4O4S/c1-20-7-10-32(11-8-20)26-6-5-24(30-37(34,35)27-22(3)17-21(2)18-23(27)4)19-25(26)28(33)29-9-12-31-13-15-36-16-14-31/h5-6,17-20,30H,7-16H2,1-4H3,(H,29,33). The number of carbonyl (C=O) groups excluding carboxylic acids is 1. The van der Waals surface area contributed by atoms with Crippen LogP contribution in [0, 0.1) is 26.7 Å². The van der Waals surface area contributed by atoms with E-state index < -0.39 is 10.0 Å². The Bertz CT molecular complexity index is 1190. The van der Waals surface area contributed by atoms with E-state index in [1.807, 2.05) is 39.0 Å². The summed E-state index contributed by atoms with van der Waals surface area (Å²) in [6.07, 6.45) is 2.14. The highest BCUT2D eigenvalue weighted by Crippen LogP contribution is 2.30. The van der Waals surface area contributed by atoms with Gasteiger partial charge in [0.25, 0.3) is 15.9 Å². The Labute approximate surface area is 221 Å². The van der Waals surface area contributed by atoms with Crippen molar-refractivity contribution >= 4 is 27.3 Å². The molecule has 1 amide bonds. The Morgan fingerprint density at radius 3 is 2.30 bits per heavy atom. The smallest absolute Gasteiger partial charge is 0.262 e. The molecule has 0 spiro atoms. The monoisotopic (exact) mass is 528 g/mol. The van der Waals surface area contributed by atoms with E-state index in [0.29, 0.717) is 48.1 Å². The first-order chi connectivity index (χ1) is 17.6. The van der Waals surface area contributed by atoms with Gasteiger partial charge in [-0.1, -0.05) is 24.6 Å². The van der Waals surface area contributed by atoms with E-state index in [2.05, 4.69) is 26.8 Å². The van der Waals surface area contributed by atoms with E-state index in [1.54, 1.807) is 12.1 Å². The summed E-state index contributed by atoms with van der Waals surface area (Å²) < 4.78 is 34.9. The van der Waals surface area contributed by atoms with Crippen molar-refractivity contribution in [2.24, 2.45) is 5.92 Å². The number of hydrogen-bond donors (Lipinski definition) is 2. The molecule has 0 radical (unpaired) electrons. The van der Waals surface area contributed by atoms with Crippen LogP contribution in [0.1, 0.15) is 46.8 Å². The van der Waals surface area contributed by atoms with Gasteiger partial charge in [0, 0.05) is 50.6 Å². The molecule has 8 nitrogen and oxygen atoms in total. The molecule has 0 bridgehead atoms. The molecule has 2 heterocycles. The van der Waals surface area contributed by atoms with Crippen LogP contribution in [0.2, 0.25) is 0 Å². The van der Waals surface area contributed by atoms with Gasteiger partial charge in [0.1, 0.15) is 0 Å². The Morgan fingerprint density at radius 2 is 1.65 bits per heavy atom. The fraction of sp³-hybridized carbons (Fsp3) is 0.536. The first-order valence-corrected chi connectivity index (χ1v) is 14.7. The lowest BCUT2D eigenvalue weighted by atomic mass is 9.98. The lowest BCUT2D eigenvalue weighted by Gasteiger charge is -2.33. The fourth-order valence-corrected chi connectivity index (χ4v) is 6.86. The van der Waals surface area contributed by atoms with E-state index in [1.165, 1.54) is 0 Å². The number of morpholine rings is 1. The molecule has 2 aromatic rings. The molecule has 2 aliphatic heterocycles. The Kier molecular flexibility index (Phi) is 8.77. The maximum atomic E-state index is 13.4. The zero-order valence-corrected chi connectivity index (χ0v) is 23.3. The summed E-state index contributed by atoms with van der Waals surface area (Å²) in [7, 11) is -3.82. The minimum Gasteiger partial charge on any atom is -0.379 e. The summed E-state index contributed by atoms with van der Waals surface area (Å²) >= 11 is 0. The maximum absolute atomic E-state index is 13.4. The molecular formula is C28H40N4O4S. The second-order valence-electron chi connectivity index (χ2n) is 10.4. The van der Waals surface area contributed by atoms with Crippen LogP contribution in [-0.4, -0.2) is 71.7 Å². The number of ether oxygens (including phenoxy) is 1. The van der Waals surface area contributed by atoms with Gasteiger partial charge in [-0.05, 0) is 68.9 Å². The van der Waals surface area contributed by atoms with Crippen molar-refractivity contribution in [1.29, 1.82) is 0 Å². The number of hydrogen-bond acceptors (Lipinski definition) is 6. The van der Waals surface area contributed by atoms with Gasteiger partial charge in [0.2, 0.25) is 0 Å². The largest absolute Gasteiger partial charge is 0.379 e. The number of anilines is 2. The van der Waals surface area contributed by atoms with Crippen LogP contribution < -0.4 is 14.9 Å². The number of carbonyl (C=O) groups is 1. The summed E-state index contributed by atoms with van der Waals surface area (Å²) in [5.41, 5.74) is 4.14. The highest BCUT2D eigenvalue weighted by Gasteiger charge is 2.24. The lowest BCUT2D eigenvalue weighted by Crippen LogP contribution is -2.41. The summed E-state index contributed by atoms with van der Waals surface area (Å²) in [4.78, 5) is 18.2. The van der Waals surface area contributed by atoms with E-state index in [0.717, 1.165) is 56.8 Å². The van der Waals surface area contributed by atoms with Gasteiger partial charge >= 0.3 is 0 Å². The van der Waals surface area contributed by atoms with Crippen LogP contribution >= 0.6 is 0 Å². The van der Waals surface area contributed by atoms with Gasteiger partial charge in [-0.3, -0.25) is 14.4 Å². The molecule has 2 saturated heterocycles. The molecule has 2 N–H and O–H groups in total. The zero-order chi connectivity index (χ0) is 26.6. The molecule has 0 atom stereocenters. The average molecular weight is 529 g/mol. The van der Waals surface area contributed by atoms with Crippen LogP contribution in [0.25, 0.3) is 0 Å². The van der Waals surface area contributed by atoms with Crippen LogP contribution in [0.15, 0.2) is 35.2 Å². The number of nitrogens with zero attached hydrogens (tertiary/aromatic N) is 2.